The first-order valence-electron chi connectivity index (χ1n) is 10.8. The van der Waals surface area contributed by atoms with Crippen molar-refractivity contribution in [2.24, 2.45) is 5.92 Å². The fourth-order valence-corrected chi connectivity index (χ4v) is 6.29. The van der Waals surface area contributed by atoms with Crippen LogP contribution >= 0.6 is 34.8 Å². The molecular weight excluding hydrogens is 575 g/mol. The summed E-state index contributed by atoms with van der Waals surface area (Å²) in [6, 6.07) is 7.96. The molecule has 2 aromatic carbocycles. The summed E-state index contributed by atoms with van der Waals surface area (Å²) >= 11 is 18.2. The molecule has 0 aromatic heterocycles. The van der Waals surface area contributed by atoms with Crippen LogP contribution in [0.3, 0.4) is 0 Å². The molecule has 0 spiro atoms. The first-order chi connectivity index (χ1) is 16.8. The van der Waals surface area contributed by atoms with Gasteiger partial charge in [-0.2, -0.15) is 0 Å². The van der Waals surface area contributed by atoms with Gasteiger partial charge in [0.1, 0.15) is 34.0 Å². The minimum absolute atomic E-state index is 0.0148. The quantitative estimate of drug-likeness (QED) is 0.237. The summed E-state index contributed by atoms with van der Waals surface area (Å²) in [7, 11) is -7.13. The van der Waals surface area contributed by atoms with Gasteiger partial charge in [-0.25, -0.2) is 16.8 Å². The number of carbonyl (C=O) groups excluding carboxylic acids is 1. The van der Waals surface area contributed by atoms with E-state index >= 15 is 0 Å². The molecule has 0 unspecified atom stereocenters. The van der Waals surface area contributed by atoms with Crippen molar-refractivity contribution < 1.29 is 35.8 Å². The third-order valence-corrected chi connectivity index (χ3v) is 9.50. The standard InChI is InChI=1S/C23H27Cl3O8S2/c1-4-35(28,29)14-15(2)12-32-22-7-5-18(9-20(22)25)36(30,31)19-6-8-23(21(26)10-19)33-13-17(11-24)34-16(3)27/h5-10,15,17H,4,11-14H2,1-3H3/t15-,17+/m1/s1. The highest BCUT2D eigenvalue weighted by Crippen LogP contribution is 2.33. The highest BCUT2D eigenvalue weighted by atomic mass is 35.5. The van der Waals surface area contributed by atoms with Crippen molar-refractivity contribution in [1.29, 1.82) is 0 Å². The van der Waals surface area contributed by atoms with Crippen LogP contribution in [0, 0.1) is 5.92 Å². The van der Waals surface area contributed by atoms with E-state index in [0.29, 0.717) is 0 Å². The fourth-order valence-electron chi connectivity index (χ4n) is 3.03. The maximum absolute atomic E-state index is 13.1. The fraction of sp³-hybridized carbons (Fsp3) is 0.435. The Balaban J connectivity index is 2.13. The summed E-state index contributed by atoms with van der Waals surface area (Å²) in [5.41, 5.74) is 0. The Morgan fingerprint density at radius 3 is 1.83 bits per heavy atom. The maximum Gasteiger partial charge on any atom is 0.303 e. The van der Waals surface area contributed by atoms with Gasteiger partial charge in [-0.05, 0) is 36.4 Å². The van der Waals surface area contributed by atoms with Crippen molar-refractivity contribution >= 4 is 60.4 Å². The number of carbonyl (C=O) groups is 1. The number of halogens is 3. The summed E-state index contributed by atoms with van der Waals surface area (Å²) < 4.78 is 65.8. The van der Waals surface area contributed by atoms with Gasteiger partial charge in [0.15, 0.2) is 0 Å². The molecule has 0 aliphatic heterocycles. The number of sulfone groups is 2. The van der Waals surface area contributed by atoms with Gasteiger partial charge in [0, 0.05) is 18.6 Å². The molecule has 0 aliphatic carbocycles. The Labute approximate surface area is 226 Å². The maximum atomic E-state index is 13.1. The number of esters is 1. The molecule has 13 heteroatoms. The molecule has 0 amide bonds. The van der Waals surface area contributed by atoms with E-state index in [4.69, 9.17) is 49.0 Å². The lowest BCUT2D eigenvalue weighted by Gasteiger charge is -2.16. The molecule has 0 radical (unpaired) electrons. The topological polar surface area (TPSA) is 113 Å². The van der Waals surface area contributed by atoms with Crippen LogP contribution in [0.5, 0.6) is 11.5 Å². The van der Waals surface area contributed by atoms with Crippen LogP contribution in [0.4, 0.5) is 0 Å². The third kappa shape index (κ3) is 8.69. The zero-order valence-electron chi connectivity index (χ0n) is 19.9. The second-order valence-electron chi connectivity index (χ2n) is 8.00. The van der Waals surface area contributed by atoms with E-state index in [1.807, 2.05) is 0 Å². The van der Waals surface area contributed by atoms with Crippen molar-refractivity contribution in [2.45, 2.75) is 36.7 Å². The molecule has 0 saturated heterocycles. The Morgan fingerprint density at radius 2 is 1.42 bits per heavy atom. The van der Waals surface area contributed by atoms with Gasteiger partial charge >= 0.3 is 5.97 Å². The summed E-state index contributed by atoms with van der Waals surface area (Å²) in [4.78, 5) is 10.9. The van der Waals surface area contributed by atoms with E-state index in [9.17, 15) is 21.6 Å². The number of alkyl halides is 1. The van der Waals surface area contributed by atoms with Crippen molar-refractivity contribution in [2.75, 3.05) is 30.6 Å². The van der Waals surface area contributed by atoms with E-state index in [2.05, 4.69) is 0 Å². The Hall–Kier alpha value is -1.72. The third-order valence-electron chi connectivity index (χ3n) is 4.86. The molecule has 2 aromatic rings. The van der Waals surface area contributed by atoms with Gasteiger partial charge in [-0.15, -0.1) is 11.6 Å². The molecule has 2 atom stereocenters. The number of ether oxygens (including phenoxy) is 3. The first-order valence-corrected chi connectivity index (χ1v) is 15.4. The zero-order valence-corrected chi connectivity index (χ0v) is 23.8. The van der Waals surface area contributed by atoms with Crippen LogP contribution in [0.2, 0.25) is 10.0 Å². The number of hydrogen-bond acceptors (Lipinski definition) is 8. The molecule has 2 rings (SSSR count). The van der Waals surface area contributed by atoms with Gasteiger partial charge in [0.05, 0.1) is 38.1 Å². The van der Waals surface area contributed by atoms with Crippen LogP contribution in [-0.2, 0) is 29.2 Å². The van der Waals surface area contributed by atoms with Crippen LogP contribution in [-0.4, -0.2) is 59.5 Å². The van der Waals surface area contributed by atoms with Gasteiger partial charge in [0.25, 0.3) is 0 Å². The van der Waals surface area contributed by atoms with E-state index in [0.717, 1.165) is 0 Å². The number of rotatable bonds is 13. The molecule has 8 nitrogen and oxygen atoms in total. The lowest BCUT2D eigenvalue weighted by molar-refractivity contribution is -0.146. The molecule has 36 heavy (non-hydrogen) atoms. The second kappa shape index (κ2) is 13.2. The summed E-state index contributed by atoms with van der Waals surface area (Å²) in [6.07, 6.45) is -0.689. The molecule has 0 N–H and O–H groups in total. The van der Waals surface area contributed by atoms with Crippen molar-refractivity contribution in [3.8, 4) is 11.5 Å². The molecule has 0 fully saturated rings. The molecular formula is C23H27Cl3O8S2. The predicted molar refractivity (Wildman–Crippen MR) is 139 cm³/mol. The molecule has 0 aliphatic rings. The minimum atomic E-state index is -3.98. The van der Waals surface area contributed by atoms with E-state index < -0.39 is 31.7 Å². The summed E-state index contributed by atoms with van der Waals surface area (Å²) in [6.45, 7) is 4.61. The average molecular weight is 602 g/mol. The monoisotopic (exact) mass is 600 g/mol. The van der Waals surface area contributed by atoms with Crippen molar-refractivity contribution in [3.63, 3.8) is 0 Å². The molecule has 0 heterocycles. The van der Waals surface area contributed by atoms with Crippen LogP contribution < -0.4 is 9.47 Å². The molecule has 0 saturated carbocycles. The Bertz CT molecular complexity index is 1280. The summed E-state index contributed by atoms with van der Waals surface area (Å²) in [5, 5.41) is 0.0968. The van der Waals surface area contributed by atoms with E-state index in [-0.39, 0.29) is 67.9 Å². The second-order valence-corrected chi connectivity index (χ2v) is 13.5. The van der Waals surface area contributed by atoms with Crippen LogP contribution in [0.15, 0.2) is 46.2 Å². The van der Waals surface area contributed by atoms with Gasteiger partial charge in [0.2, 0.25) is 9.84 Å². The van der Waals surface area contributed by atoms with Gasteiger partial charge in [-0.3, -0.25) is 4.79 Å². The first kappa shape index (κ1) is 30.5. The van der Waals surface area contributed by atoms with Gasteiger partial charge in [-0.1, -0.05) is 37.0 Å². The summed E-state index contributed by atoms with van der Waals surface area (Å²) in [5.74, 6) is -0.314. The lowest BCUT2D eigenvalue weighted by Crippen LogP contribution is -2.25. The van der Waals surface area contributed by atoms with Crippen molar-refractivity contribution in [3.05, 3.63) is 46.4 Å². The highest BCUT2D eigenvalue weighted by molar-refractivity contribution is 7.91. The van der Waals surface area contributed by atoms with E-state index in [1.54, 1.807) is 13.8 Å². The minimum Gasteiger partial charge on any atom is -0.492 e. The Morgan fingerprint density at radius 1 is 0.917 bits per heavy atom. The molecule has 200 valence electrons. The smallest absolute Gasteiger partial charge is 0.303 e. The van der Waals surface area contributed by atoms with Crippen LogP contribution in [0.1, 0.15) is 20.8 Å². The average Bonchev–Trinajstić information content (AvgIpc) is 2.80. The van der Waals surface area contributed by atoms with Gasteiger partial charge < -0.3 is 14.2 Å². The zero-order chi connectivity index (χ0) is 27.1. The highest BCUT2D eigenvalue weighted by Gasteiger charge is 2.22. The lowest BCUT2D eigenvalue weighted by atomic mass is 10.2. The normalized spacial score (nSPS) is 13.6. The molecule has 0 bridgehead atoms. The SMILES string of the molecule is CCS(=O)(=O)C[C@H](C)COc1ccc(S(=O)(=O)c2ccc(OC[C@H](CCl)OC(C)=O)c(Cl)c2)cc1Cl. The van der Waals surface area contributed by atoms with E-state index in [1.165, 1.54) is 43.3 Å². The number of benzene rings is 2. The number of hydrogen-bond donors (Lipinski definition) is 0. The largest absolute Gasteiger partial charge is 0.492 e. The Kier molecular flexibility index (Phi) is 11.2. The predicted octanol–water partition coefficient (Wildman–Crippen LogP) is 4.83. The van der Waals surface area contributed by atoms with Crippen LogP contribution in [0.25, 0.3) is 0 Å². The van der Waals surface area contributed by atoms with Crippen molar-refractivity contribution in [1.82, 2.24) is 0 Å².